The van der Waals surface area contributed by atoms with Gasteiger partial charge in [0.1, 0.15) is 6.17 Å². The zero-order valence-electron chi connectivity index (χ0n) is 38.2. The second kappa shape index (κ2) is 43.5. The molecule has 0 N–H and O–H groups in total. The molecule has 2 nitrogen and oxygen atoms in total. The fourth-order valence-corrected chi connectivity index (χ4v) is 9.02. The van der Waals surface area contributed by atoms with E-state index in [9.17, 15) is 0 Å². The number of hydrogen-bond acceptors (Lipinski definition) is 2. The topological polar surface area (TPSA) is 6.48 Å². The van der Waals surface area contributed by atoms with Gasteiger partial charge in [0.25, 0.3) is 0 Å². The Morgan fingerprint density at radius 1 is 0.241 bits per heavy atom. The fourth-order valence-electron chi connectivity index (χ4n) is 9.02. The van der Waals surface area contributed by atoms with Crippen LogP contribution in [0.25, 0.3) is 0 Å². The Morgan fingerprint density at radius 2 is 0.426 bits per heavy atom. The summed E-state index contributed by atoms with van der Waals surface area (Å²) >= 11 is 0. The lowest BCUT2D eigenvalue weighted by molar-refractivity contribution is 0.135. The maximum Gasteiger partial charge on any atom is 0.101 e. The summed E-state index contributed by atoms with van der Waals surface area (Å²) in [4.78, 5) is 5.49. The summed E-state index contributed by atoms with van der Waals surface area (Å²) < 4.78 is 0. The minimum atomic E-state index is 0.635. The minimum Gasteiger partial charge on any atom is -0.356 e. The Bertz CT molecular complexity index is 717. The fraction of sp³-hybridized carbons (Fsp3) is 0.962. The van der Waals surface area contributed by atoms with Gasteiger partial charge in [-0.15, -0.1) is 0 Å². The summed E-state index contributed by atoms with van der Waals surface area (Å²) in [5.74, 6) is 0. The van der Waals surface area contributed by atoms with Crippen LogP contribution in [0.1, 0.15) is 303 Å². The van der Waals surface area contributed by atoms with E-state index >= 15 is 0 Å². The molecule has 0 fully saturated rings. The molecule has 0 amide bonds. The molecule has 1 heterocycles. The molecule has 54 heavy (non-hydrogen) atoms. The van der Waals surface area contributed by atoms with E-state index in [2.05, 4.69) is 43.0 Å². The standard InChI is InChI=1S/C52H104N2/c1-4-7-10-13-16-19-22-25-27-28-29-31-34-37-40-43-46-49-54-51-50-53(48-45-42-39-36-33-24-21-18-15-12-9-6-3)52(54)47-44-41-38-35-32-30-26-23-20-17-14-11-8-5-2/h50-52H,4-49H2,1-3H3. The normalized spacial score (nSPS) is 14.3. The largest absolute Gasteiger partial charge is 0.356 e. The average molecular weight is 757 g/mol. The molecule has 0 aromatic rings. The summed E-state index contributed by atoms with van der Waals surface area (Å²) in [5, 5.41) is 0. The van der Waals surface area contributed by atoms with Crippen molar-refractivity contribution < 1.29 is 0 Å². The van der Waals surface area contributed by atoms with Crippen LogP contribution in [-0.2, 0) is 0 Å². The van der Waals surface area contributed by atoms with Crippen LogP contribution >= 0.6 is 0 Å². The maximum atomic E-state index is 2.74. The summed E-state index contributed by atoms with van der Waals surface area (Å²) in [6.07, 6.45) is 69.4. The smallest absolute Gasteiger partial charge is 0.101 e. The molecule has 1 atom stereocenters. The van der Waals surface area contributed by atoms with Crippen LogP contribution in [0.3, 0.4) is 0 Å². The molecule has 1 rings (SSSR count). The van der Waals surface area contributed by atoms with Gasteiger partial charge in [-0.3, -0.25) is 0 Å². The Balaban J connectivity index is 2.18. The number of rotatable bonds is 46. The second-order valence-electron chi connectivity index (χ2n) is 18.2. The van der Waals surface area contributed by atoms with Gasteiger partial charge < -0.3 is 9.80 Å². The van der Waals surface area contributed by atoms with Crippen LogP contribution < -0.4 is 0 Å². The maximum absolute atomic E-state index is 2.74. The SMILES string of the molecule is CCCCCCCCCCCCCCCCCCCN1C=CN(CCCCCCCCCCCCCC)C1CCCCCCCCCCCCCCCC. The molecule has 0 saturated carbocycles. The van der Waals surface area contributed by atoms with E-state index in [0.717, 1.165) is 0 Å². The van der Waals surface area contributed by atoms with Gasteiger partial charge in [0.2, 0.25) is 0 Å². The molecular formula is C52H104N2. The third-order valence-corrected chi connectivity index (χ3v) is 12.8. The Morgan fingerprint density at radius 3 is 0.648 bits per heavy atom. The summed E-state index contributed by atoms with van der Waals surface area (Å²) in [7, 11) is 0. The van der Waals surface area contributed by atoms with Crippen LogP contribution in [0.2, 0.25) is 0 Å². The molecule has 0 spiro atoms. The first-order chi connectivity index (χ1) is 26.8. The van der Waals surface area contributed by atoms with Crippen molar-refractivity contribution in [3.05, 3.63) is 12.4 Å². The van der Waals surface area contributed by atoms with Crippen molar-refractivity contribution in [2.75, 3.05) is 13.1 Å². The minimum absolute atomic E-state index is 0.635. The zero-order chi connectivity index (χ0) is 38.7. The van der Waals surface area contributed by atoms with Crippen molar-refractivity contribution in [1.29, 1.82) is 0 Å². The predicted octanol–water partition coefficient (Wildman–Crippen LogP) is 18.6. The van der Waals surface area contributed by atoms with Crippen LogP contribution in [-0.4, -0.2) is 29.1 Å². The van der Waals surface area contributed by atoms with E-state index in [1.807, 2.05) is 0 Å². The quantitative estimate of drug-likeness (QED) is 0.0571. The summed E-state index contributed by atoms with van der Waals surface area (Å²) in [5.41, 5.74) is 0. The molecule has 1 unspecified atom stereocenters. The van der Waals surface area contributed by atoms with Crippen molar-refractivity contribution in [3.63, 3.8) is 0 Å². The van der Waals surface area contributed by atoms with Crippen LogP contribution in [0, 0.1) is 0 Å². The molecule has 0 aromatic carbocycles. The first-order valence-corrected chi connectivity index (χ1v) is 26.0. The van der Waals surface area contributed by atoms with E-state index in [-0.39, 0.29) is 0 Å². The highest BCUT2D eigenvalue weighted by Gasteiger charge is 2.25. The Labute approximate surface area is 343 Å². The lowest BCUT2D eigenvalue weighted by Gasteiger charge is -2.33. The highest BCUT2D eigenvalue weighted by Crippen LogP contribution is 2.24. The van der Waals surface area contributed by atoms with Crippen molar-refractivity contribution in [2.45, 2.75) is 309 Å². The molecular weight excluding hydrogens is 653 g/mol. The molecule has 1 aliphatic rings. The molecule has 322 valence electrons. The molecule has 2 heteroatoms. The van der Waals surface area contributed by atoms with Crippen LogP contribution in [0.5, 0.6) is 0 Å². The lowest BCUT2D eigenvalue weighted by Crippen LogP contribution is -2.39. The van der Waals surface area contributed by atoms with Gasteiger partial charge in [0.05, 0.1) is 0 Å². The first-order valence-electron chi connectivity index (χ1n) is 26.0. The van der Waals surface area contributed by atoms with Gasteiger partial charge in [-0.1, -0.05) is 278 Å². The van der Waals surface area contributed by atoms with Gasteiger partial charge in [-0.05, 0) is 25.7 Å². The Hall–Kier alpha value is -0.660. The number of nitrogens with zero attached hydrogens (tertiary/aromatic N) is 2. The van der Waals surface area contributed by atoms with E-state index in [1.165, 1.54) is 296 Å². The number of hydrogen-bond donors (Lipinski definition) is 0. The zero-order valence-corrected chi connectivity index (χ0v) is 38.2. The summed E-state index contributed by atoms with van der Waals surface area (Å²) in [6.45, 7) is 9.50. The first kappa shape index (κ1) is 51.4. The van der Waals surface area contributed by atoms with Crippen LogP contribution in [0.15, 0.2) is 12.4 Å². The van der Waals surface area contributed by atoms with Crippen molar-refractivity contribution in [3.8, 4) is 0 Å². The third kappa shape index (κ3) is 34.6. The van der Waals surface area contributed by atoms with Crippen molar-refractivity contribution >= 4 is 0 Å². The molecule has 0 aromatic heterocycles. The van der Waals surface area contributed by atoms with Crippen LogP contribution in [0.4, 0.5) is 0 Å². The van der Waals surface area contributed by atoms with E-state index in [4.69, 9.17) is 0 Å². The van der Waals surface area contributed by atoms with Gasteiger partial charge in [0.15, 0.2) is 0 Å². The molecule has 0 bridgehead atoms. The van der Waals surface area contributed by atoms with Crippen molar-refractivity contribution in [1.82, 2.24) is 9.80 Å². The Kier molecular flexibility index (Phi) is 41.3. The van der Waals surface area contributed by atoms with Crippen molar-refractivity contribution in [2.24, 2.45) is 0 Å². The second-order valence-corrected chi connectivity index (χ2v) is 18.2. The van der Waals surface area contributed by atoms with Gasteiger partial charge >= 0.3 is 0 Å². The summed E-state index contributed by atoms with van der Waals surface area (Å²) in [6, 6.07) is 0. The monoisotopic (exact) mass is 757 g/mol. The highest BCUT2D eigenvalue weighted by molar-refractivity contribution is 4.97. The van der Waals surface area contributed by atoms with Gasteiger partial charge in [-0.2, -0.15) is 0 Å². The molecule has 1 aliphatic heterocycles. The lowest BCUT2D eigenvalue weighted by atomic mass is 10.0. The predicted molar refractivity (Wildman–Crippen MR) is 247 cm³/mol. The van der Waals surface area contributed by atoms with E-state index in [0.29, 0.717) is 6.17 Å². The average Bonchev–Trinajstić information content (AvgIpc) is 3.57. The molecule has 0 radical (unpaired) electrons. The third-order valence-electron chi connectivity index (χ3n) is 12.8. The molecule has 0 aliphatic carbocycles. The van der Waals surface area contributed by atoms with E-state index < -0.39 is 0 Å². The van der Waals surface area contributed by atoms with E-state index in [1.54, 1.807) is 0 Å². The molecule has 0 saturated heterocycles. The van der Waals surface area contributed by atoms with Gasteiger partial charge in [0, 0.05) is 25.5 Å². The number of unbranched alkanes of at least 4 members (excludes halogenated alkanes) is 40. The van der Waals surface area contributed by atoms with Gasteiger partial charge in [-0.25, -0.2) is 0 Å². The highest BCUT2D eigenvalue weighted by atomic mass is 15.4.